The topological polar surface area (TPSA) is 101 Å². The molecule has 0 bridgehead atoms. The highest BCUT2D eigenvalue weighted by Crippen LogP contribution is 2.39. The van der Waals surface area contributed by atoms with Crippen molar-refractivity contribution >= 4 is 27.3 Å². The van der Waals surface area contributed by atoms with E-state index in [-0.39, 0.29) is 16.7 Å². The summed E-state index contributed by atoms with van der Waals surface area (Å²) in [6, 6.07) is 16.5. The molecule has 1 aliphatic rings. The van der Waals surface area contributed by atoms with Crippen molar-refractivity contribution in [3.8, 4) is 34.4 Å². The summed E-state index contributed by atoms with van der Waals surface area (Å²) in [5.74, 6) is 1.05. The van der Waals surface area contributed by atoms with E-state index in [4.69, 9.17) is 31.1 Å². The van der Waals surface area contributed by atoms with Gasteiger partial charge < -0.3 is 19.1 Å². The Balaban J connectivity index is 1.72. The van der Waals surface area contributed by atoms with E-state index in [1.54, 1.807) is 48.5 Å². The van der Waals surface area contributed by atoms with Crippen molar-refractivity contribution in [3.05, 3.63) is 65.2 Å². The second-order valence-electron chi connectivity index (χ2n) is 8.43. The average molecular weight is 528 g/mol. The minimum absolute atomic E-state index is 0.0142. The van der Waals surface area contributed by atoms with Crippen LogP contribution < -0.4 is 18.9 Å². The lowest BCUT2D eigenvalue weighted by Crippen LogP contribution is -2.21. The van der Waals surface area contributed by atoms with Gasteiger partial charge in [-0.3, -0.25) is 4.72 Å². The van der Waals surface area contributed by atoms with Crippen molar-refractivity contribution in [2.45, 2.75) is 17.4 Å². The van der Waals surface area contributed by atoms with E-state index in [1.807, 2.05) is 7.05 Å². The normalized spacial score (nSPS) is 15.8. The van der Waals surface area contributed by atoms with Crippen LogP contribution in [0, 0.1) is 11.3 Å². The lowest BCUT2D eigenvalue weighted by Gasteiger charge is -2.18. The van der Waals surface area contributed by atoms with Crippen LogP contribution in [0.3, 0.4) is 0 Å². The third kappa shape index (κ3) is 5.51. The van der Waals surface area contributed by atoms with E-state index in [2.05, 4.69) is 15.7 Å². The summed E-state index contributed by atoms with van der Waals surface area (Å²) in [6.07, 6.45) is 0.843. The monoisotopic (exact) mass is 527 g/mol. The van der Waals surface area contributed by atoms with Crippen LogP contribution in [0.4, 0.5) is 5.69 Å². The van der Waals surface area contributed by atoms with Crippen LogP contribution >= 0.6 is 11.6 Å². The molecular formula is C26H26ClN3O5S. The quantitative estimate of drug-likeness (QED) is 0.450. The number of nitrogens with zero attached hydrogens (tertiary/aromatic N) is 2. The van der Waals surface area contributed by atoms with E-state index in [1.165, 1.54) is 20.3 Å². The maximum atomic E-state index is 13.6. The molecule has 10 heteroatoms. The molecular weight excluding hydrogens is 502 g/mol. The Labute approximate surface area is 216 Å². The highest BCUT2D eigenvalue weighted by molar-refractivity contribution is 7.92. The number of nitriles is 1. The third-order valence-electron chi connectivity index (χ3n) is 5.93. The first-order chi connectivity index (χ1) is 17.2. The molecule has 0 spiro atoms. The molecule has 1 saturated heterocycles. The smallest absolute Gasteiger partial charge is 0.262 e. The van der Waals surface area contributed by atoms with Crippen LogP contribution in [0.25, 0.3) is 11.1 Å². The summed E-state index contributed by atoms with van der Waals surface area (Å²) in [5, 5.41) is 9.53. The number of anilines is 1. The number of likely N-dealkylation sites (N-methyl/N-ethyl adjacent to an activating group) is 1. The van der Waals surface area contributed by atoms with Gasteiger partial charge in [-0.2, -0.15) is 5.26 Å². The zero-order chi connectivity index (χ0) is 25.9. The highest BCUT2D eigenvalue weighted by atomic mass is 35.5. The van der Waals surface area contributed by atoms with Crippen LogP contribution in [0.2, 0.25) is 5.02 Å². The predicted octanol–water partition coefficient (Wildman–Crippen LogP) is 4.78. The van der Waals surface area contributed by atoms with E-state index in [0.29, 0.717) is 38.9 Å². The van der Waals surface area contributed by atoms with E-state index in [0.717, 1.165) is 19.5 Å². The first-order valence-corrected chi connectivity index (χ1v) is 13.0. The zero-order valence-corrected chi connectivity index (χ0v) is 21.7. The number of methoxy groups -OCH3 is 2. The summed E-state index contributed by atoms with van der Waals surface area (Å²) in [4.78, 5) is 2.15. The molecule has 1 atom stereocenters. The van der Waals surface area contributed by atoms with Gasteiger partial charge in [0.2, 0.25) is 0 Å². The molecule has 1 N–H and O–H groups in total. The first-order valence-electron chi connectivity index (χ1n) is 11.2. The summed E-state index contributed by atoms with van der Waals surface area (Å²) in [6.45, 7) is 1.69. The number of hydrogen-bond acceptors (Lipinski definition) is 7. The second-order valence-corrected chi connectivity index (χ2v) is 10.5. The van der Waals surface area contributed by atoms with E-state index in [9.17, 15) is 8.42 Å². The number of nitrogens with one attached hydrogen (secondary N) is 1. The molecule has 3 aromatic rings. The fraction of sp³-hybridized carbons (Fsp3) is 0.269. The Morgan fingerprint density at radius 2 is 1.72 bits per heavy atom. The molecule has 0 saturated carbocycles. The van der Waals surface area contributed by atoms with Gasteiger partial charge >= 0.3 is 0 Å². The fourth-order valence-corrected chi connectivity index (χ4v) is 5.51. The molecule has 4 rings (SSSR count). The number of sulfonamides is 1. The summed E-state index contributed by atoms with van der Waals surface area (Å²) in [5.41, 5.74) is 1.76. The number of hydrogen-bond donors (Lipinski definition) is 1. The zero-order valence-electron chi connectivity index (χ0n) is 20.1. The molecule has 0 aliphatic carbocycles. The van der Waals surface area contributed by atoms with Gasteiger partial charge in [0.05, 0.1) is 41.5 Å². The van der Waals surface area contributed by atoms with Crippen LogP contribution in [0.1, 0.15) is 12.0 Å². The Hall–Kier alpha value is -3.45. The second kappa shape index (κ2) is 10.7. The molecule has 0 unspecified atom stereocenters. The van der Waals surface area contributed by atoms with Crippen molar-refractivity contribution < 1.29 is 22.6 Å². The van der Waals surface area contributed by atoms with Crippen LogP contribution in [-0.4, -0.2) is 53.8 Å². The van der Waals surface area contributed by atoms with E-state index < -0.39 is 10.0 Å². The van der Waals surface area contributed by atoms with Gasteiger partial charge in [-0.15, -0.1) is 0 Å². The summed E-state index contributed by atoms with van der Waals surface area (Å²) < 4.78 is 46.7. The molecule has 0 amide bonds. The maximum Gasteiger partial charge on any atom is 0.262 e. The molecule has 188 valence electrons. The van der Waals surface area contributed by atoms with Crippen molar-refractivity contribution in [1.29, 1.82) is 5.26 Å². The molecule has 1 fully saturated rings. The predicted molar refractivity (Wildman–Crippen MR) is 138 cm³/mol. The molecule has 1 aliphatic heterocycles. The minimum Gasteiger partial charge on any atom is -0.493 e. The van der Waals surface area contributed by atoms with E-state index >= 15 is 0 Å². The van der Waals surface area contributed by atoms with Crippen molar-refractivity contribution in [2.24, 2.45) is 0 Å². The largest absolute Gasteiger partial charge is 0.493 e. The van der Waals surface area contributed by atoms with Gasteiger partial charge in [0.1, 0.15) is 11.9 Å². The lowest BCUT2D eigenvalue weighted by atomic mass is 10.0. The molecule has 0 aromatic heterocycles. The summed E-state index contributed by atoms with van der Waals surface area (Å²) in [7, 11) is 0.843. The fourth-order valence-electron chi connectivity index (χ4n) is 4.07. The highest BCUT2D eigenvalue weighted by Gasteiger charge is 2.25. The molecule has 1 heterocycles. The lowest BCUT2D eigenvalue weighted by molar-refractivity contribution is 0.208. The van der Waals surface area contributed by atoms with Gasteiger partial charge in [-0.05, 0) is 49.4 Å². The third-order valence-corrected chi connectivity index (χ3v) is 7.66. The van der Waals surface area contributed by atoms with Gasteiger partial charge in [-0.25, -0.2) is 8.42 Å². The Morgan fingerprint density at radius 1 is 1.03 bits per heavy atom. The minimum atomic E-state index is -4.09. The molecule has 3 aromatic carbocycles. The first kappa shape index (κ1) is 25.6. The average Bonchev–Trinajstić information content (AvgIpc) is 3.29. The number of likely N-dealkylation sites (tertiary alicyclic amines) is 1. The molecule has 8 nitrogen and oxygen atoms in total. The molecule has 0 radical (unpaired) electrons. The molecule has 36 heavy (non-hydrogen) atoms. The van der Waals surface area contributed by atoms with Gasteiger partial charge in [-0.1, -0.05) is 23.7 Å². The Kier molecular flexibility index (Phi) is 7.59. The van der Waals surface area contributed by atoms with Gasteiger partial charge in [0, 0.05) is 30.8 Å². The van der Waals surface area contributed by atoms with Crippen molar-refractivity contribution in [2.75, 3.05) is 39.1 Å². The van der Waals surface area contributed by atoms with Crippen molar-refractivity contribution in [1.82, 2.24) is 4.90 Å². The van der Waals surface area contributed by atoms with Crippen molar-refractivity contribution in [3.63, 3.8) is 0 Å². The number of benzene rings is 3. The van der Waals surface area contributed by atoms with Crippen LogP contribution in [0.15, 0.2) is 59.5 Å². The maximum absolute atomic E-state index is 13.6. The van der Waals surface area contributed by atoms with Gasteiger partial charge in [0.15, 0.2) is 11.5 Å². The standard InChI is InChI=1S/C26H26ClN3O5S/c1-30-11-10-20(16-30)35-23-12-19(8-9-22(23)27)29-36(31,32)26-14-25(34-3)24(33-2)13-21(26)18-6-4-17(15-28)5-7-18/h4-9,12-14,20,29H,10-11,16H2,1-3H3/t20-/m1/s1. The van der Waals surface area contributed by atoms with Gasteiger partial charge in [0.25, 0.3) is 10.0 Å². The Morgan fingerprint density at radius 3 is 2.33 bits per heavy atom. The van der Waals surface area contributed by atoms with Crippen LogP contribution in [0.5, 0.6) is 17.2 Å². The number of ether oxygens (including phenoxy) is 3. The number of halogens is 1. The van der Waals surface area contributed by atoms with Crippen LogP contribution in [-0.2, 0) is 10.0 Å². The SMILES string of the molecule is COc1cc(-c2ccc(C#N)cc2)c(S(=O)(=O)Nc2ccc(Cl)c(O[C@@H]3CCN(C)C3)c2)cc1OC. The number of rotatable bonds is 8. The summed E-state index contributed by atoms with van der Waals surface area (Å²) >= 11 is 6.33. The Bertz CT molecular complexity index is 1400.